The molecule has 70 valence electrons. The van der Waals surface area contributed by atoms with Crippen LogP contribution in [-0.2, 0) is 0 Å². The Bertz CT molecular complexity index is 281. The molecule has 0 bridgehead atoms. The molecule has 0 aliphatic carbocycles. The highest BCUT2D eigenvalue weighted by Crippen LogP contribution is 2.29. The van der Waals surface area contributed by atoms with E-state index in [1.807, 2.05) is 12.1 Å². The van der Waals surface area contributed by atoms with E-state index in [1.165, 1.54) is 0 Å². The van der Waals surface area contributed by atoms with Crippen molar-refractivity contribution in [2.75, 3.05) is 13.2 Å². The molecule has 3 nitrogen and oxygen atoms in total. The van der Waals surface area contributed by atoms with E-state index in [9.17, 15) is 0 Å². The van der Waals surface area contributed by atoms with Crippen LogP contribution in [0, 0.1) is 5.92 Å². The van der Waals surface area contributed by atoms with Gasteiger partial charge in [-0.1, -0.05) is 12.1 Å². The van der Waals surface area contributed by atoms with Gasteiger partial charge in [-0.05, 0) is 17.7 Å². The van der Waals surface area contributed by atoms with E-state index in [2.05, 4.69) is 5.32 Å². The number of nitrogens with one attached hydrogen (secondary N) is 1. The molecular formula is C10H13NO2. The highest BCUT2D eigenvalue weighted by molar-refractivity contribution is 5.29. The number of aliphatic hydroxyl groups is 1. The number of benzene rings is 1. The van der Waals surface area contributed by atoms with Crippen molar-refractivity contribution in [3.8, 4) is 5.75 Å². The number of rotatable bonds is 2. The molecule has 1 saturated heterocycles. The lowest BCUT2D eigenvalue weighted by Gasteiger charge is -2.37. The third-order valence-electron chi connectivity index (χ3n) is 2.56. The molecule has 1 aromatic rings. The maximum absolute atomic E-state index is 9.08. The summed E-state index contributed by atoms with van der Waals surface area (Å²) in [7, 11) is 0. The van der Waals surface area contributed by atoms with Crippen LogP contribution in [0.15, 0.2) is 24.3 Å². The van der Waals surface area contributed by atoms with Crippen LogP contribution in [0.1, 0.15) is 11.6 Å². The Kier molecular flexibility index (Phi) is 2.20. The average molecular weight is 179 g/mol. The maximum Gasteiger partial charge on any atom is 0.115 e. The van der Waals surface area contributed by atoms with Gasteiger partial charge in [0.1, 0.15) is 5.75 Å². The Labute approximate surface area is 77.0 Å². The first-order valence-electron chi connectivity index (χ1n) is 4.44. The Morgan fingerprint density at radius 3 is 2.46 bits per heavy atom. The van der Waals surface area contributed by atoms with Crippen molar-refractivity contribution in [1.29, 1.82) is 0 Å². The highest BCUT2D eigenvalue weighted by atomic mass is 16.3. The molecule has 0 aromatic heterocycles. The number of hydrogen-bond acceptors (Lipinski definition) is 3. The predicted molar refractivity (Wildman–Crippen MR) is 49.4 cm³/mol. The minimum Gasteiger partial charge on any atom is -0.508 e. The maximum atomic E-state index is 9.08. The molecule has 0 radical (unpaired) electrons. The molecule has 3 N–H and O–H groups in total. The summed E-state index contributed by atoms with van der Waals surface area (Å²) in [6.45, 7) is 1.10. The average Bonchev–Trinajstić information content (AvgIpc) is 2.08. The minimum absolute atomic E-state index is 0.221. The summed E-state index contributed by atoms with van der Waals surface area (Å²) in [5.41, 5.74) is 1.13. The van der Waals surface area contributed by atoms with E-state index in [0.717, 1.165) is 12.1 Å². The van der Waals surface area contributed by atoms with Crippen molar-refractivity contribution in [1.82, 2.24) is 5.32 Å². The molecule has 1 fully saturated rings. The van der Waals surface area contributed by atoms with Crippen LogP contribution in [0.2, 0.25) is 0 Å². The van der Waals surface area contributed by atoms with E-state index >= 15 is 0 Å². The summed E-state index contributed by atoms with van der Waals surface area (Å²) >= 11 is 0. The number of phenolic OH excluding ortho intramolecular Hbond substituents is 1. The lowest BCUT2D eigenvalue weighted by molar-refractivity contribution is 0.128. The second-order valence-corrected chi connectivity index (χ2v) is 3.42. The van der Waals surface area contributed by atoms with E-state index in [1.54, 1.807) is 12.1 Å². The van der Waals surface area contributed by atoms with Gasteiger partial charge in [-0.15, -0.1) is 0 Å². The first-order valence-corrected chi connectivity index (χ1v) is 4.44. The summed E-state index contributed by atoms with van der Waals surface area (Å²) in [5.74, 6) is 0.605. The van der Waals surface area contributed by atoms with Gasteiger partial charge in [-0.3, -0.25) is 0 Å². The molecule has 2 atom stereocenters. The smallest absolute Gasteiger partial charge is 0.115 e. The first kappa shape index (κ1) is 8.53. The lowest BCUT2D eigenvalue weighted by atomic mass is 9.87. The minimum atomic E-state index is 0.221. The second kappa shape index (κ2) is 3.36. The van der Waals surface area contributed by atoms with Gasteiger partial charge in [0, 0.05) is 25.1 Å². The highest BCUT2D eigenvalue weighted by Gasteiger charge is 2.30. The summed E-state index contributed by atoms with van der Waals surface area (Å²) < 4.78 is 0. The molecule has 1 aromatic carbocycles. The van der Waals surface area contributed by atoms with Gasteiger partial charge in [0.25, 0.3) is 0 Å². The zero-order valence-corrected chi connectivity index (χ0v) is 7.27. The van der Waals surface area contributed by atoms with Crippen LogP contribution in [0.4, 0.5) is 0 Å². The number of hydrogen-bond donors (Lipinski definition) is 3. The Hall–Kier alpha value is -1.06. The van der Waals surface area contributed by atoms with Gasteiger partial charge < -0.3 is 15.5 Å². The zero-order chi connectivity index (χ0) is 9.26. The molecule has 2 unspecified atom stereocenters. The van der Waals surface area contributed by atoms with Crippen molar-refractivity contribution in [2.24, 2.45) is 5.92 Å². The quantitative estimate of drug-likeness (QED) is 0.624. The summed E-state index contributed by atoms with van der Waals surface area (Å²) in [6, 6.07) is 7.36. The third-order valence-corrected chi connectivity index (χ3v) is 2.56. The van der Waals surface area contributed by atoms with Gasteiger partial charge in [0.15, 0.2) is 0 Å². The molecule has 0 saturated carbocycles. The van der Waals surface area contributed by atoms with Crippen LogP contribution < -0.4 is 5.32 Å². The van der Waals surface area contributed by atoms with Crippen LogP contribution in [0.5, 0.6) is 5.75 Å². The molecule has 13 heavy (non-hydrogen) atoms. The topological polar surface area (TPSA) is 52.5 Å². The monoisotopic (exact) mass is 179 g/mol. The predicted octanol–water partition coefficient (Wildman–Crippen LogP) is 0.645. The van der Waals surface area contributed by atoms with Gasteiger partial charge in [0.2, 0.25) is 0 Å². The molecule has 3 heteroatoms. The summed E-state index contributed by atoms with van der Waals surface area (Å²) in [5, 5.41) is 21.3. The molecular weight excluding hydrogens is 166 g/mol. The molecule has 1 heterocycles. The van der Waals surface area contributed by atoms with Crippen LogP contribution in [0.3, 0.4) is 0 Å². The zero-order valence-electron chi connectivity index (χ0n) is 7.27. The SMILES string of the molecule is OCC1CNC1c1ccc(O)cc1. The van der Waals surface area contributed by atoms with Gasteiger partial charge in [-0.25, -0.2) is 0 Å². The second-order valence-electron chi connectivity index (χ2n) is 3.42. The molecule has 2 rings (SSSR count). The van der Waals surface area contributed by atoms with Crippen molar-refractivity contribution in [3.63, 3.8) is 0 Å². The number of phenols is 1. The normalized spacial score (nSPS) is 26.8. The fraction of sp³-hybridized carbons (Fsp3) is 0.400. The standard InChI is InChI=1S/C10H13NO2/c12-6-8-5-11-10(8)7-1-3-9(13)4-2-7/h1-4,8,10-13H,5-6H2. The fourth-order valence-electron chi connectivity index (χ4n) is 1.64. The summed E-state index contributed by atoms with van der Waals surface area (Å²) in [4.78, 5) is 0. The van der Waals surface area contributed by atoms with Crippen LogP contribution in [-0.4, -0.2) is 23.4 Å². The molecule has 0 amide bonds. The largest absolute Gasteiger partial charge is 0.508 e. The molecule has 1 aliphatic rings. The fourth-order valence-corrected chi connectivity index (χ4v) is 1.64. The first-order chi connectivity index (χ1) is 6.31. The molecule has 0 spiro atoms. The van der Waals surface area contributed by atoms with Gasteiger partial charge in [0.05, 0.1) is 0 Å². The van der Waals surface area contributed by atoms with Crippen LogP contribution >= 0.6 is 0 Å². The van der Waals surface area contributed by atoms with Gasteiger partial charge >= 0.3 is 0 Å². The Balaban J connectivity index is 2.12. The van der Waals surface area contributed by atoms with Gasteiger partial charge in [-0.2, -0.15) is 0 Å². The van der Waals surface area contributed by atoms with E-state index in [0.29, 0.717) is 5.92 Å². The van der Waals surface area contributed by atoms with E-state index < -0.39 is 0 Å². The van der Waals surface area contributed by atoms with Crippen molar-refractivity contribution in [3.05, 3.63) is 29.8 Å². The van der Waals surface area contributed by atoms with Crippen molar-refractivity contribution < 1.29 is 10.2 Å². The van der Waals surface area contributed by atoms with Crippen LogP contribution in [0.25, 0.3) is 0 Å². The van der Waals surface area contributed by atoms with E-state index in [-0.39, 0.29) is 18.4 Å². The molecule has 1 aliphatic heterocycles. The lowest BCUT2D eigenvalue weighted by Crippen LogP contribution is -2.47. The summed E-state index contributed by atoms with van der Waals surface area (Å²) in [6.07, 6.45) is 0. The Morgan fingerprint density at radius 2 is 2.00 bits per heavy atom. The number of aromatic hydroxyl groups is 1. The van der Waals surface area contributed by atoms with Crippen molar-refractivity contribution >= 4 is 0 Å². The third kappa shape index (κ3) is 1.53. The van der Waals surface area contributed by atoms with Crippen molar-refractivity contribution in [2.45, 2.75) is 6.04 Å². The van der Waals surface area contributed by atoms with E-state index in [4.69, 9.17) is 10.2 Å². The number of aliphatic hydroxyl groups excluding tert-OH is 1. The Morgan fingerprint density at radius 1 is 1.31 bits per heavy atom.